The molecule has 104 valence electrons. The van der Waals surface area contributed by atoms with Gasteiger partial charge in [0.15, 0.2) is 0 Å². The van der Waals surface area contributed by atoms with Crippen molar-refractivity contribution in [2.24, 2.45) is 0 Å². The number of anilines is 1. The molecule has 0 radical (unpaired) electrons. The molecule has 1 heterocycles. The molecule has 1 aromatic carbocycles. The van der Waals surface area contributed by atoms with E-state index in [0.717, 1.165) is 18.8 Å². The fourth-order valence-electron chi connectivity index (χ4n) is 2.16. The molecule has 1 aliphatic heterocycles. The third kappa shape index (κ3) is 3.55. The summed E-state index contributed by atoms with van der Waals surface area (Å²) in [5.41, 5.74) is 3.38. The number of nitrogens with zero attached hydrogens (tertiary/aromatic N) is 1. The van der Waals surface area contributed by atoms with Gasteiger partial charge in [0.25, 0.3) is 0 Å². The minimum atomic E-state index is -0.00440. The van der Waals surface area contributed by atoms with Gasteiger partial charge in [-0.2, -0.15) is 0 Å². The Hall–Kier alpha value is -1.39. The number of benzene rings is 1. The molecule has 1 aromatic rings. The zero-order chi connectivity index (χ0) is 13.8. The van der Waals surface area contributed by atoms with Crippen molar-refractivity contribution in [3.63, 3.8) is 0 Å². The summed E-state index contributed by atoms with van der Waals surface area (Å²) in [6, 6.07) is 6.08. The summed E-state index contributed by atoms with van der Waals surface area (Å²) in [5, 5.41) is 3.24. The van der Waals surface area contributed by atoms with Crippen molar-refractivity contribution in [1.29, 1.82) is 0 Å². The molecule has 0 saturated carbocycles. The number of morpholine rings is 1. The lowest BCUT2D eigenvalue weighted by atomic mass is 10.1. The first kappa shape index (κ1) is 14.0. The quantitative estimate of drug-likeness (QED) is 0.900. The number of aryl methyl sites for hydroxylation is 2. The molecule has 4 nitrogen and oxygen atoms in total. The zero-order valence-electron chi connectivity index (χ0n) is 11.9. The van der Waals surface area contributed by atoms with Crippen LogP contribution >= 0.6 is 0 Å². The Morgan fingerprint density at radius 2 is 2.21 bits per heavy atom. The van der Waals surface area contributed by atoms with Gasteiger partial charge in [0.05, 0.1) is 19.1 Å². The second-order valence-corrected chi connectivity index (χ2v) is 5.12. The van der Waals surface area contributed by atoms with E-state index < -0.39 is 0 Å². The fraction of sp³-hybridized carbons (Fsp3) is 0.533. The van der Waals surface area contributed by atoms with Crippen LogP contribution in [-0.4, -0.2) is 38.8 Å². The van der Waals surface area contributed by atoms with E-state index in [1.54, 1.807) is 4.90 Å². The van der Waals surface area contributed by atoms with Gasteiger partial charge >= 0.3 is 0 Å². The van der Waals surface area contributed by atoms with Gasteiger partial charge in [-0.3, -0.25) is 4.79 Å². The van der Waals surface area contributed by atoms with Gasteiger partial charge in [-0.05, 0) is 37.1 Å². The summed E-state index contributed by atoms with van der Waals surface area (Å²) in [7, 11) is 1.82. The van der Waals surface area contributed by atoms with Crippen LogP contribution in [0.2, 0.25) is 0 Å². The van der Waals surface area contributed by atoms with Crippen molar-refractivity contribution < 1.29 is 9.53 Å². The van der Waals surface area contributed by atoms with Gasteiger partial charge in [-0.1, -0.05) is 6.07 Å². The Bertz CT molecular complexity index is 453. The van der Waals surface area contributed by atoms with E-state index in [0.29, 0.717) is 13.0 Å². The third-order valence-electron chi connectivity index (χ3n) is 3.66. The van der Waals surface area contributed by atoms with Gasteiger partial charge in [-0.15, -0.1) is 0 Å². The van der Waals surface area contributed by atoms with Crippen molar-refractivity contribution in [3.8, 4) is 0 Å². The molecule has 0 aliphatic carbocycles. The van der Waals surface area contributed by atoms with Gasteiger partial charge in [0.2, 0.25) is 5.91 Å². The first-order chi connectivity index (χ1) is 9.08. The second-order valence-electron chi connectivity index (χ2n) is 5.12. The molecule has 1 amide bonds. The lowest BCUT2D eigenvalue weighted by Crippen LogP contribution is -2.41. The smallest absolute Gasteiger partial charge is 0.229 e. The van der Waals surface area contributed by atoms with Crippen molar-refractivity contribution in [1.82, 2.24) is 5.32 Å². The average molecular weight is 262 g/mol. The highest BCUT2D eigenvalue weighted by Crippen LogP contribution is 2.19. The third-order valence-corrected chi connectivity index (χ3v) is 3.66. The Labute approximate surface area is 114 Å². The molecule has 0 aromatic heterocycles. The first-order valence-corrected chi connectivity index (χ1v) is 6.74. The van der Waals surface area contributed by atoms with E-state index in [1.807, 2.05) is 25.2 Å². The molecule has 0 spiro atoms. The van der Waals surface area contributed by atoms with E-state index in [-0.39, 0.29) is 12.0 Å². The molecule has 2 rings (SSSR count). The second kappa shape index (κ2) is 6.17. The predicted octanol–water partition coefficient (Wildman–Crippen LogP) is 1.64. The number of carbonyl (C=O) groups excluding carboxylic acids is 1. The number of rotatable bonds is 3. The van der Waals surface area contributed by atoms with Crippen LogP contribution < -0.4 is 10.2 Å². The highest BCUT2D eigenvalue weighted by molar-refractivity contribution is 5.93. The molecule has 1 aliphatic rings. The maximum absolute atomic E-state index is 12.2. The van der Waals surface area contributed by atoms with E-state index in [9.17, 15) is 4.79 Å². The number of amides is 1. The van der Waals surface area contributed by atoms with Crippen LogP contribution in [0.15, 0.2) is 18.2 Å². The summed E-state index contributed by atoms with van der Waals surface area (Å²) < 4.78 is 5.57. The first-order valence-electron chi connectivity index (χ1n) is 6.74. The largest absolute Gasteiger partial charge is 0.375 e. The van der Waals surface area contributed by atoms with Crippen LogP contribution in [0, 0.1) is 13.8 Å². The van der Waals surface area contributed by atoms with E-state index in [4.69, 9.17) is 4.74 Å². The zero-order valence-corrected chi connectivity index (χ0v) is 11.9. The molecule has 4 heteroatoms. The Morgan fingerprint density at radius 1 is 1.42 bits per heavy atom. The summed E-state index contributed by atoms with van der Waals surface area (Å²) in [5.74, 6) is 0.0944. The maximum atomic E-state index is 12.2. The van der Waals surface area contributed by atoms with E-state index in [2.05, 4.69) is 19.2 Å². The van der Waals surface area contributed by atoms with Crippen molar-refractivity contribution >= 4 is 11.6 Å². The minimum Gasteiger partial charge on any atom is -0.375 e. The molecule has 19 heavy (non-hydrogen) atoms. The Balaban J connectivity index is 1.99. The number of hydrogen-bond acceptors (Lipinski definition) is 3. The molecule has 1 fully saturated rings. The Kier molecular flexibility index (Phi) is 4.56. The molecule has 1 N–H and O–H groups in total. The average Bonchev–Trinajstić information content (AvgIpc) is 2.42. The molecular weight excluding hydrogens is 240 g/mol. The van der Waals surface area contributed by atoms with Crippen molar-refractivity contribution in [3.05, 3.63) is 29.3 Å². The van der Waals surface area contributed by atoms with Crippen LogP contribution in [0.4, 0.5) is 5.69 Å². The van der Waals surface area contributed by atoms with Crippen LogP contribution in [-0.2, 0) is 9.53 Å². The molecule has 1 unspecified atom stereocenters. The van der Waals surface area contributed by atoms with E-state index in [1.165, 1.54) is 11.1 Å². The number of ether oxygens (including phenoxy) is 1. The lowest BCUT2D eigenvalue weighted by molar-refractivity contribution is -0.121. The highest BCUT2D eigenvalue weighted by atomic mass is 16.5. The topological polar surface area (TPSA) is 41.6 Å². The predicted molar refractivity (Wildman–Crippen MR) is 76.6 cm³/mol. The standard InChI is InChI=1S/C15H22N2O2/c1-11-4-5-13(8-12(11)2)17(3)15(18)9-14-10-16-6-7-19-14/h4-5,8,14,16H,6-7,9-10H2,1-3H3. The van der Waals surface area contributed by atoms with Crippen LogP contribution in [0.3, 0.4) is 0 Å². The van der Waals surface area contributed by atoms with Crippen molar-refractivity contribution in [2.75, 3.05) is 31.6 Å². The molecular formula is C15H22N2O2. The van der Waals surface area contributed by atoms with E-state index >= 15 is 0 Å². The number of carbonyl (C=O) groups is 1. The lowest BCUT2D eigenvalue weighted by Gasteiger charge is -2.25. The fourth-order valence-corrected chi connectivity index (χ4v) is 2.16. The monoisotopic (exact) mass is 262 g/mol. The SMILES string of the molecule is Cc1ccc(N(C)C(=O)CC2CNCCO2)cc1C. The van der Waals surface area contributed by atoms with Crippen LogP contribution in [0.1, 0.15) is 17.5 Å². The van der Waals surface area contributed by atoms with Crippen LogP contribution in [0.5, 0.6) is 0 Å². The molecule has 1 atom stereocenters. The minimum absolute atomic E-state index is 0.00440. The normalized spacial score (nSPS) is 19.2. The molecule has 1 saturated heterocycles. The van der Waals surface area contributed by atoms with Crippen LogP contribution in [0.25, 0.3) is 0 Å². The summed E-state index contributed by atoms with van der Waals surface area (Å²) in [6.07, 6.45) is 0.423. The van der Waals surface area contributed by atoms with Gasteiger partial charge < -0.3 is 15.0 Å². The Morgan fingerprint density at radius 3 is 2.84 bits per heavy atom. The van der Waals surface area contributed by atoms with Gasteiger partial charge in [0, 0.05) is 25.8 Å². The number of hydrogen-bond donors (Lipinski definition) is 1. The summed E-state index contributed by atoms with van der Waals surface area (Å²) in [6.45, 7) is 6.45. The van der Waals surface area contributed by atoms with Gasteiger partial charge in [-0.25, -0.2) is 0 Å². The number of nitrogens with one attached hydrogen (secondary N) is 1. The summed E-state index contributed by atoms with van der Waals surface area (Å²) >= 11 is 0. The maximum Gasteiger partial charge on any atom is 0.229 e. The summed E-state index contributed by atoms with van der Waals surface area (Å²) in [4.78, 5) is 13.9. The highest BCUT2D eigenvalue weighted by Gasteiger charge is 2.20. The van der Waals surface area contributed by atoms with Gasteiger partial charge in [0.1, 0.15) is 0 Å². The van der Waals surface area contributed by atoms with Crippen molar-refractivity contribution in [2.45, 2.75) is 26.4 Å². The molecule has 0 bridgehead atoms.